The van der Waals surface area contributed by atoms with Crippen LogP contribution in [0.3, 0.4) is 0 Å². The molecule has 4 aromatic rings. The maximum Gasteiger partial charge on any atom is 0.262 e. The number of carbonyl (C=O) groups excluding carboxylic acids is 1. The van der Waals surface area contributed by atoms with Crippen LogP contribution in [0.4, 0.5) is 11.4 Å². The van der Waals surface area contributed by atoms with Crippen molar-refractivity contribution in [1.29, 1.82) is 0 Å². The van der Waals surface area contributed by atoms with E-state index in [1.54, 1.807) is 42.5 Å². The number of hydrogen-bond donors (Lipinski definition) is 2. The van der Waals surface area contributed by atoms with E-state index in [0.29, 0.717) is 39.1 Å². The Labute approximate surface area is 166 Å². The third-order valence-corrected chi connectivity index (χ3v) is 6.35. The van der Waals surface area contributed by atoms with E-state index in [0.717, 1.165) is 5.39 Å². The second kappa shape index (κ2) is 6.18. The van der Waals surface area contributed by atoms with E-state index in [2.05, 4.69) is 15.0 Å². The molecule has 0 saturated carbocycles. The average molecular weight is 405 g/mol. The summed E-state index contributed by atoms with van der Waals surface area (Å²) in [7, 11) is -2.44. The molecule has 7 nitrogen and oxygen atoms in total. The quantitative estimate of drug-likeness (QED) is 0.539. The number of ether oxygens (including phenoxy) is 1. The van der Waals surface area contributed by atoms with Gasteiger partial charge in [-0.2, -0.15) is 0 Å². The van der Waals surface area contributed by atoms with Gasteiger partial charge in [-0.05, 0) is 30.3 Å². The monoisotopic (exact) mass is 405 g/mol. The van der Waals surface area contributed by atoms with E-state index in [1.807, 2.05) is 12.1 Å². The largest absolute Gasteiger partial charge is 0.481 e. The molecule has 0 fully saturated rings. The topological polar surface area (TPSA) is 97.4 Å². The van der Waals surface area contributed by atoms with Gasteiger partial charge >= 0.3 is 0 Å². The number of nitrogens with zero attached hydrogens (tertiary/aromatic N) is 1. The molecule has 0 saturated heterocycles. The predicted molar refractivity (Wildman–Crippen MR) is 111 cm³/mol. The molecule has 1 amide bonds. The van der Waals surface area contributed by atoms with Gasteiger partial charge in [-0.1, -0.05) is 24.3 Å². The highest BCUT2D eigenvalue weighted by Gasteiger charge is 2.26. The zero-order chi connectivity index (χ0) is 20.2. The Balaban J connectivity index is 1.67. The maximum atomic E-state index is 13.3. The summed E-state index contributed by atoms with van der Waals surface area (Å²) in [6, 6.07) is 16.9. The number of para-hydroxylation sites is 1. The van der Waals surface area contributed by atoms with Crippen molar-refractivity contribution in [3.63, 3.8) is 0 Å². The smallest absolute Gasteiger partial charge is 0.262 e. The van der Waals surface area contributed by atoms with E-state index in [-0.39, 0.29) is 10.8 Å². The Morgan fingerprint density at radius 3 is 2.66 bits per heavy atom. The standard InChI is InChI=1S/C21H15N3O4S/c1-28-18-11-8-12-4-2-7-16(20(12)23-18)24-29(26,27)17-10-9-15-19-13(17)5-3-6-14(19)21(25)22-15/h2-11,24H,1H3,(H,22,25). The predicted octanol–water partition coefficient (Wildman–Crippen LogP) is 3.76. The Morgan fingerprint density at radius 2 is 1.83 bits per heavy atom. The van der Waals surface area contributed by atoms with Crippen LogP contribution in [0.15, 0.2) is 65.6 Å². The number of rotatable bonds is 4. The summed E-state index contributed by atoms with van der Waals surface area (Å²) < 4.78 is 34.3. The summed E-state index contributed by atoms with van der Waals surface area (Å²) in [6.45, 7) is 0. The highest BCUT2D eigenvalue weighted by atomic mass is 32.2. The lowest BCUT2D eigenvalue weighted by atomic mass is 10.1. The molecule has 2 heterocycles. The van der Waals surface area contributed by atoms with Crippen molar-refractivity contribution in [2.45, 2.75) is 4.90 Å². The number of amides is 1. The zero-order valence-electron chi connectivity index (χ0n) is 15.3. The molecule has 8 heteroatoms. The normalized spacial score (nSPS) is 12.9. The van der Waals surface area contributed by atoms with E-state index in [4.69, 9.17) is 4.74 Å². The summed E-state index contributed by atoms with van der Waals surface area (Å²) in [4.78, 5) is 16.6. The minimum absolute atomic E-state index is 0.0921. The number of carbonyl (C=O) groups is 1. The van der Waals surface area contributed by atoms with Crippen LogP contribution in [-0.2, 0) is 10.0 Å². The fourth-order valence-corrected chi connectivity index (χ4v) is 4.89. The fourth-order valence-electron chi connectivity index (χ4n) is 3.62. The first-order valence-corrected chi connectivity index (χ1v) is 10.3. The number of anilines is 2. The SMILES string of the molecule is COc1ccc2cccc(NS(=O)(=O)c3ccc4c5c(cccc35)C(=O)N4)c2n1. The van der Waals surface area contributed by atoms with Gasteiger partial charge in [-0.25, -0.2) is 13.4 Å². The Hall–Kier alpha value is -3.65. The van der Waals surface area contributed by atoms with Gasteiger partial charge in [0.2, 0.25) is 5.88 Å². The third-order valence-electron chi connectivity index (χ3n) is 4.93. The van der Waals surface area contributed by atoms with Gasteiger partial charge in [0.05, 0.1) is 23.2 Å². The lowest BCUT2D eigenvalue weighted by Gasteiger charge is -2.13. The first-order chi connectivity index (χ1) is 14.0. The van der Waals surface area contributed by atoms with Crippen LogP contribution in [0.5, 0.6) is 5.88 Å². The summed E-state index contributed by atoms with van der Waals surface area (Å²) in [5.41, 5.74) is 1.90. The van der Waals surface area contributed by atoms with Crippen LogP contribution in [0.25, 0.3) is 21.7 Å². The molecule has 29 heavy (non-hydrogen) atoms. The molecule has 5 rings (SSSR count). The molecule has 0 atom stereocenters. The number of pyridine rings is 1. The summed E-state index contributed by atoms with van der Waals surface area (Å²) in [5, 5.41) is 4.63. The van der Waals surface area contributed by atoms with E-state index >= 15 is 0 Å². The van der Waals surface area contributed by atoms with Gasteiger partial charge in [0.25, 0.3) is 15.9 Å². The molecule has 0 bridgehead atoms. The number of sulfonamides is 1. The highest BCUT2D eigenvalue weighted by molar-refractivity contribution is 7.93. The van der Waals surface area contributed by atoms with Crippen LogP contribution in [0.1, 0.15) is 10.4 Å². The van der Waals surface area contributed by atoms with Gasteiger partial charge in [-0.15, -0.1) is 0 Å². The molecule has 0 aliphatic carbocycles. The van der Waals surface area contributed by atoms with Crippen molar-refractivity contribution in [3.05, 3.63) is 66.2 Å². The molecular formula is C21H15N3O4S. The maximum absolute atomic E-state index is 13.3. The number of methoxy groups -OCH3 is 1. The lowest BCUT2D eigenvalue weighted by Crippen LogP contribution is -2.14. The molecule has 0 spiro atoms. The minimum Gasteiger partial charge on any atom is -0.481 e. The summed E-state index contributed by atoms with van der Waals surface area (Å²) in [5.74, 6) is 0.150. The Morgan fingerprint density at radius 1 is 1.00 bits per heavy atom. The van der Waals surface area contributed by atoms with Crippen molar-refractivity contribution < 1.29 is 17.9 Å². The number of aromatic nitrogens is 1. The number of fused-ring (bicyclic) bond motifs is 1. The van der Waals surface area contributed by atoms with E-state index in [1.165, 1.54) is 13.2 Å². The molecule has 1 aliphatic rings. The molecule has 0 radical (unpaired) electrons. The number of hydrogen-bond acceptors (Lipinski definition) is 5. The summed E-state index contributed by atoms with van der Waals surface area (Å²) in [6.07, 6.45) is 0. The number of nitrogens with one attached hydrogen (secondary N) is 2. The first-order valence-electron chi connectivity index (χ1n) is 8.81. The minimum atomic E-state index is -3.94. The molecule has 1 aliphatic heterocycles. The second-order valence-electron chi connectivity index (χ2n) is 6.63. The molecule has 144 valence electrons. The molecule has 2 N–H and O–H groups in total. The van der Waals surface area contributed by atoms with Gasteiger partial charge < -0.3 is 10.1 Å². The van der Waals surface area contributed by atoms with Gasteiger partial charge in [-0.3, -0.25) is 9.52 Å². The van der Waals surface area contributed by atoms with Crippen molar-refractivity contribution in [1.82, 2.24) is 4.98 Å². The van der Waals surface area contributed by atoms with Crippen molar-refractivity contribution in [3.8, 4) is 5.88 Å². The van der Waals surface area contributed by atoms with Crippen LogP contribution < -0.4 is 14.8 Å². The van der Waals surface area contributed by atoms with Gasteiger partial charge in [0.15, 0.2) is 0 Å². The van der Waals surface area contributed by atoms with E-state index < -0.39 is 10.0 Å². The molecule has 3 aromatic carbocycles. The van der Waals surface area contributed by atoms with Gasteiger partial charge in [0, 0.05) is 33.5 Å². The third kappa shape index (κ3) is 2.68. The number of benzene rings is 3. The van der Waals surface area contributed by atoms with Crippen molar-refractivity contribution in [2.24, 2.45) is 0 Å². The second-order valence-corrected chi connectivity index (χ2v) is 8.28. The lowest BCUT2D eigenvalue weighted by molar-refractivity contribution is 0.103. The Kier molecular flexibility index (Phi) is 3.72. The zero-order valence-corrected chi connectivity index (χ0v) is 16.1. The Bertz CT molecular complexity index is 1430. The molecule has 1 aromatic heterocycles. The van der Waals surface area contributed by atoms with Crippen LogP contribution in [0.2, 0.25) is 0 Å². The first kappa shape index (κ1) is 17.4. The van der Waals surface area contributed by atoms with Crippen LogP contribution in [0, 0.1) is 0 Å². The molecule has 0 unspecified atom stereocenters. The van der Waals surface area contributed by atoms with Crippen LogP contribution in [-0.4, -0.2) is 26.4 Å². The average Bonchev–Trinajstić information content (AvgIpc) is 3.05. The van der Waals surface area contributed by atoms with Crippen molar-refractivity contribution in [2.75, 3.05) is 17.1 Å². The van der Waals surface area contributed by atoms with Crippen LogP contribution >= 0.6 is 0 Å². The molecular weight excluding hydrogens is 390 g/mol. The van der Waals surface area contributed by atoms with E-state index in [9.17, 15) is 13.2 Å². The highest BCUT2D eigenvalue weighted by Crippen LogP contribution is 2.37. The fraction of sp³-hybridized carbons (Fsp3) is 0.0476. The van der Waals surface area contributed by atoms with Crippen molar-refractivity contribution >= 4 is 49.0 Å². The summed E-state index contributed by atoms with van der Waals surface area (Å²) >= 11 is 0. The van der Waals surface area contributed by atoms with Gasteiger partial charge in [0.1, 0.15) is 0 Å².